The topological polar surface area (TPSA) is 99.9 Å². The highest BCUT2D eigenvalue weighted by Gasteiger charge is 2.22. The summed E-state index contributed by atoms with van der Waals surface area (Å²) in [6.07, 6.45) is 3.61. The molecule has 1 aromatic heterocycles. The minimum Gasteiger partial charge on any atom is -0.293 e. The Kier molecular flexibility index (Phi) is 7.63. The molecule has 28 heavy (non-hydrogen) atoms. The van der Waals surface area contributed by atoms with Gasteiger partial charge < -0.3 is 0 Å². The summed E-state index contributed by atoms with van der Waals surface area (Å²) in [7, 11) is -3.52. The number of hydrogen-bond donors (Lipinski definition) is 1. The molecular weight excluding hydrogens is 394 g/mol. The fourth-order valence-corrected chi connectivity index (χ4v) is 4.45. The number of ketones is 1. The molecule has 0 bridgehead atoms. The summed E-state index contributed by atoms with van der Waals surface area (Å²) in [5, 5.41) is 11.7. The van der Waals surface area contributed by atoms with Crippen LogP contribution in [-0.2, 0) is 14.8 Å². The van der Waals surface area contributed by atoms with E-state index >= 15 is 0 Å². The van der Waals surface area contributed by atoms with Crippen molar-refractivity contribution >= 4 is 33.2 Å². The summed E-state index contributed by atoms with van der Waals surface area (Å²) in [5.41, 5.74) is 1.53. The number of nitrogens with zero attached hydrogens (tertiary/aromatic N) is 2. The van der Waals surface area contributed by atoms with Gasteiger partial charge in [0.2, 0.25) is 10.0 Å². The number of hydrogen-bond acceptors (Lipinski definition) is 6. The van der Waals surface area contributed by atoms with Gasteiger partial charge in [-0.2, -0.15) is 5.26 Å². The summed E-state index contributed by atoms with van der Waals surface area (Å²) in [4.78, 5) is 17.0. The maximum Gasteiger partial charge on any atom is 0.240 e. The van der Waals surface area contributed by atoms with E-state index in [1.165, 1.54) is 29.5 Å². The number of carbonyl (C=O) groups excluding carboxylic acids is 1. The van der Waals surface area contributed by atoms with E-state index in [-0.39, 0.29) is 16.6 Å². The first-order chi connectivity index (χ1) is 13.3. The van der Waals surface area contributed by atoms with Gasteiger partial charge in [0.15, 0.2) is 11.7 Å². The van der Waals surface area contributed by atoms with E-state index in [0.29, 0.717) is 23.5 Å². The molecule has 6 nitrogen and oxygen atoms in total. The third-order valence-electron chi connectivity index (χ3n) is 3.96. The zero-order valence-electron chi connectivity index (χ0n) is 16.0. The molecule has 0 fully saturated rings. The van der Waals surface area contributed by atoms with Gasteiger partial charge >= 0.3 is 0 Å². The normalized spacial score (nSPS) is 13.0. The predicted octanol–water partition coefficient (Wildman–Crippen LogP) is 3.84. The monoisotopic (exact) mass is 417 g/mol. The Hall–Kier alpha value is -2.34. The van der Waals surface area contributed by atoms with Crippen LogP contribution in [0.1, 0.15) is 55.3 Å². The number of nitriles is 1. The second-order valence-corrected chi connectivity index (χ2v) is 9.19. The lowest BCUT2D eigenvalue weighted by Crippen LogP contribution is -2.24. The number of benzene rings is 1. The van der Waals surface area contributed by atoms with E-state index < -0.39 is 15.9 Å². The van der Waals surface area contributed by atoms with Gasteiger partial charge in [0.25, 0.3) is 0 Å². The van der Waals surface area contributed by atoms with Crippen LogP contribution >= 0.6 is 11.3 Å². The van der Waals surface area contributed by atoms with E-state index in [1.807, 2.05) is 32.2 Å². The standard InChI is InChI=1S/C20H23N3O3S2/c1-4-11-22-28(25,26)16-8-5-15(6-9-16)7-10-19(24)17(12-21)20-23-18(13-27-20)14(2)3/h5-10,13-14,17,22H,4,11H2,1-3H3/b10-7+. The molecule has 2 rings (SSSR count). The molecule has 0 aliphatic rings. The second-order valence-electron chi connectivity index (χ2n) is 6.53. The van der Waals surface area contributed by atoms with Gasteiger partial charge in [-0.05, 0) is 36.1 Å². The quantitative estimate of drug-likeness (QED) is 0.625. The van der Waals surface area contributed by atoms with Gasteiger partial charge in [-0.1, -0.05) is 39.0 Å². The van der Waals surface area contributed by atoms with Crippen LogP contribution in [0.4, 0.5) is 0 Å². The van der Waals surface area contributed by atoms with Crippen molar-refractivity contribution in [3.05, 3.63) is 52.0 Å². The number of thiazole rings is 1. The van der Waals surface area contributed by atoms with Crippen molar-refractivity contribution in [2.45, 2.75) is 43.9 Å². The van der Waals surface area contributed by atoms with E-state index in [1.54, 1.807) is 18.2 Å². The maximum absolute atomic E-state index is 12.4. The average Bonchev–Trinajstić information content (AvgIpc) is 3.16. The first-order valence-corrected chi connectivity index (χ1v) is 11.3. The zero-order valence-corrected chi connectivity index (χ0v) is 17.7. The Labute approximate surface area is 170 Å². The van der Waals surface area contributed by atoms with E-state index in [9.17, 15) is 18.5 Å². The van der Waals surface area contributed by atoms with Gasteiger partial charge in [-0.25, -0.2) is 18.1 Å². The second kappa shape index (κ2) is 9.73. The third kappa shape index (κ3) is 5.58. The van der Waals surface area contributed by atoms with Crippen LogP contribution in [0.3, 0.4) is 0 Å². The third-order valence-corrected chi connectivity index (χ3v) is 6.37. The van der Waals surface area contributed by atoms with Gasteiger partial charge in [0, 0.05) is 11.9 Å². The van der Waals surface area contributed by atoms with Crippen molar-refractivity contribution in [3.63, 3.8) is 0 Å². The highest BCUT2D eigenvalue weighted by Crippen LogP contribution is 2.25. The molecule has 0 saturated carbocycles. The van der Waals surface area contributed by atoms with E-state index in [0.717, 1.165) is 5.69 Å². The Morgan fingerprint density at radius 3 is 2.54 bits per heavy atom. The molecule has 8 heteroatoms. The molecule has 0 radical (unpaired) electrons. The summed E-state index contributed by atoms with van der Waals surface area (Å²) in [5.74, 6) is -1.06. The van der Waals surface area contributed by atoms with Gasteiger partial charge in [-0.15, -0.1) is 11.3 Å². The number of rotatable bonds is 9. The van der Waals surface area contributed by atoms with E-state index in [4.69, 9.17) is 0 Å². The van der Waals surface area contributed by atoms with Crippen LogP contribution in [0.5, 0.6) is 0 Å². The summed E-state index contributed by atoms with van der Waals surface area (Å²) < 4.78 is 26.7. The van der Waals surface area contributed by atoms with Crippen molar-refractivity contribution < 1.29 is 13.2 Å². The van der Waals surface area contributed by atoms with E-state index in [2.05, 4.69) is 9.71 Å². The lowest BCUT2D eigenvalue weighted by Gasteiger charge is -2.05. The van der Waals surface area contributed by atoms with Crippen LogP contribution in [-0.4, -0.2) is 25.7 Å². The molecule has 0 spiro atoms. The fourth-order valence-electron chi connectivity index (χ4n) is 2.29. The highest BCUT2D eigenvalue weighted by molar-refractivity contribution is 7.89. The smallest absolute Gasteiger partial charge is 0.240 e. The molecule has 0 aliphatic heterocycles. The minimum atomic E-state index is -3.52. The van der Waals surface area contributed by atoms with Crippen LogP contribution in [0.2, 0.25) is 0 Å². The first kappa shape index (κ1) is 22.0. The molecule has 1 atom stereocenters. The summed E-state index contributed by atoms with van der Waals surface area (Å²) in [6.45, 7) is 6.27. The lowest BCUT2D eigenvalue weighted by atomic mass is 10.1. The molecule has 2 aromatic rings. The van der Waals surface area contributed by atoms with Crippen molar-refractivity contribution in [3.8, 4) is 6.07 Å². The molecule has 0 aliphatic carbocycles. The van der Waals surface area contributed by atoms with Gasteiger partial charge in [0.1, 0.15) is 5.01 Å². The molecular formula is C20H23N3O3S2. The number of aromatic nitrogens is 1. The van der Waals surface area contributed by atoms with Crippen molar-refractivity contribution in [1.29, 1.82) is 5.26 Å². The average molecular weight is 418 g/mol. The fraction of sp³-hybridized carbons (Fsp3) is 0.350. The largest absolute Gasteiger partial charge is 0.293 e. The van der Waals surface area contributed by atoms with Crippen molar-refractivity contribution in [2.75, 3.05) is 6.54 Å². The highest BCUT2D eigenvalue weighted by atomic mass is 32.2. The maximum atomic E-state index is 12.4. The van der Waals surface area contributed by atoms with Gasteiger partial charge in [0.05, 0.1) is 16.7 Å². The SMILES string of the molecule is CCCNS(=O)(=O)c1ccc(/C=C/C(=O)C(C#N)c2nc(C(C)C)cs2)cc1. The number of nitrogens with one attached hydrogen (secondary N) is 1. The van der Waals surface area contributed by atoms with Crippen LogP contribution < -0.4 is 4.72 Å². The zero-order chi connectivity index (χ0) is 20.7. The summed E-state index contributed by atoms with van der Waals surface area (Å²) >= 11 is 1.31. The molecule has 148 valence electrons. The van der Waals surface area contributed by atoms with Crippen LogP contribution in [0.15, 0.2) is 40.6 Å². The number of allylic oxidation sites excluding steroid dienone is 1. The van der Waals surface area contributed by atoms with Crippen molar-refractivity contribution in [2.24, 2.45) is 0 Å². The number of sulfonamides is 1. The first-order valence-electron chi connectivity index (χ1n) is 8.95. The Morgan fingerprint density at radius 2 is 2.00 bits per heavy atom. The lowest BCUT2D eigenvalue weighted by molar-refractivity contribution is -0.114. The Bertz CT molecular complexity index is 984. The van der Waals surface area contributed by atoms with Crippen LogP contribution in [0, 0.1) is 11.3 Å². The minimum absolute atomic E-state index is 0.170. The predicted molar refractivity (Wildman–Crippen MR) is 111 cm³/mol. The molecule has 1 aromatic carbocycles. The van der Waals surface area contributed by atoms with Crippen molar-refractivity contribution in [1.82, 2.24) is 9.71 Å². The molecule has 1 heterocycles. The van der Waals surface area contributed by atoms with Crippen LogP contribution in [0.25, 0.3) is 6.08 Å². The Morgan fingerprint density at radius 1 is 1.32 bits per heavy atom. The molecule has 0 saturated heterocycles. The Balaban J connectivity index is 2.11. The number of carbonyl (C=O) groups is 1. The van der Waals surface area contributed by atoms with Gasteiger partial charge in [-0.3, -0.25) is 4.79 Å². The molecule has 1 unspecified atom stereocenters. The molecule has 0 amide bonds. The molecule has 1 N–H and O–H groups in total. The summed E-state index contributed by atoms with van der Waals surface area (Å²) in [6, 6.07) is 8.22.